The fourth-order valence-corrected chi connectivity index (χ4v) is 3.36. The van der Waals surface area contributed by atoms with E-state index >= 15 is 0 Å². The largest absolute Gasteiger partial charge is 0.481 e. The summed E-state index contributed by atoms with van der Waals surface area (Å²) in [4.78, 5) is 71.4. The van der Waals surface area contributed by atoms with Crippen molar-refractivity contribution >= 4 is 35.6 Å². The van der Waals surface area contributed by atoms with E-state index in [1.54, 1.807) is 0 Å². The van der Waals surface area contributed by atoms with Gasteiger partial charge in [-0.05, 0) is 38.1 Å². The van der Waals surface area contributed by atoms with Gasteiger partial charge in [0.1, 0.15) is 18.1 Å². The molecule has 0 bridgehead atoms. The molecule has 8 N–H and O–H groups in total. The minimum atomic E-state index is -1.73. The van der Waals surface area contributed by atoms with Gasteiger partial charge in [-0.25, -0.2) is 4.79 Å². The Morgan fingerprint density at radius 1 is 0.970 bits per heavy atom. The maximum Gasteiger partial charge on any atom is 0.326 e. The van der Waals surface area contributed by atoms with Crippen LogP contribution in [0.4, 0.5) is 0 Å². The standard InChI is InChI=1S/C20H33N5O8/c1-10(2)8-13(24-17(29)11-4-3-7-22-11)19(31)23-12(5-6-15(21)26)18(30)25-14(20(32)33)9-16(27)28/h10-14,22H,3-9H2,1-2H3,(H2,21,26)(H,23,31)(H,24,29)(H,25,30)(H,27,28)(H,32,33). The molecule has 4 unspecified atom stereocenters. The zero-order chi connectivity index (χ0) is 25.1. The van der Waals surface area contributed by atoms with Crippen LogP contribution in [-0.2, 0) is 28.8 Å². The average Bonchev–Trinajstić information content (AvgIpc) is 3.23. The van der Waals surface area contributed by atoms with Crippen LogP contribution in [0.5, 0.6) is 0 Å². The predicted molar refractivity (Wildman–Crippen MR) is 115 cm³/mol. The summed E-state index contributed by atoms with van der Waals surface area (Å²) in [5.41, 5.74) is 5.13. The van der Waals surface area contributed by atoms with E-state index in [0.717, 1.165) is 6.42 Å². The molecule has 0 spiro atoms. The van der Waals surface area contributed by atoms with E-state index in [1.807, 2.05) is 13.8 Å². The van der Waals surface area contributed by atoms with E-state index in [4.69, 9.17) is 15.9 Å². The van der Waals surface area contributed by atoms with E-state index in [0.29, 0.717) is 13.0 Å². The highest BCUT2D eigenvalue weighted by atomic mass is 16.4. The number of hydrogen-bond donors (Lipinski definition) is 7. The first-order valence-corrected chi connectivity index (χ1v) is 10.8. The lowest BCUT2D eigenvalue weighted by Gasteiger charge is -2.25. The van der Waals surface area contributed by atoms with Crippen LogP contribution in [0.25, 0.3) is 0 Å². The smallest absolute Gasteiger partial charge is 0.326 e. The van der Waals surface area contributed by atoms with E-state index < -0.39 is 60.2 Å². The number of carboxylic acid groups (broad SMARTS) is 2. The molecule has 0 radical (unpaired) electrons. The molecule has 0 aromatic heterocycles. The number of primary amides is 1. The molecule has 1 rings (SSSR count). The highest BCUT2D eigenvalue weighted by molar-refractivity contribution is 5.95. The SMILES string of the molecule is CC(C)CC(NC(=O)C1CCCN1)C(=O)NC(CCC(N)=O)C(=O)NC(CC(=O)O)C(=O)O. The Labute approximate surface area is 191 Å². The fraction of sp³-hybridized carbons (Fsp3) is 0.700. The van der Waals surface area contributed by atoms with Gasteiger partial charge in [0, 0.05) is 6.42 Å². The number of nitrogens with one attached hydrogen (secondary N) is 4. The quantitative estimate of drug-likeness (QED) is 0.150. The Morgan fingerprint density at radius 2 is 1.58 bits per heavy atom. The number of amides is 4. The van der Waals surface area contributed by atoms with Gasteiger partial charge in [0.2, 0.25) is 23.6 Å². The first kappa shape index (κ1) is 27.8. The highest BCUT2D eigenvalue weighted by Gasteiger charge is 2.32. The maximum absolute atomic E-state index is 12.9. The summed E-state index contributed by atoms with van der Waals surface area (Å²) in [6, 6.07) is -4.49. The number of carbonyl (C=O) groups is 6. The van der Waals surface area contributed by atoms with Crippen LogP contribution < -0.4 is 27.0 Å². The summed E-state index contributed by atoms with van der Waals surface area (Å²) in [5, 5.41) is 28.2. The van der Waals surface area contributed by atoms with Crippen LogP contribution >= 0.6 is 0 Å². The van der Waals surface area contributed by atoms with Crippen LogP contribution in [-0.4, -0.2) is 76.5 Å². The first-order valence-electron chi connectivity index (χ1n) is 10.8. The van der Waals surface area contributed by atoms with Gasteiger partial charge in [0.05, 0.1) is 12.5 Å². The molecular weight excluding hydrogens is 438 g/mol. The molecule has 186 valence electrons. The Balaban J connectivity index is 2.95. The van der Waals surface area contributed by atoms with Gasteiger partial charge in [0.15, 0.2) is 0 Å². The summed E-state index contributed by atoms with van der Waals surface area (Å²) < 4.78 is 0. The molecule has 0 aromatic rings. The van der Waals surface area contributed by atoms with Gasteiger partial charge in [-0.1, -0.05) is 13.8 Å². The van der Waals surface area contributed by atoms with Gasteiger partial charge in [-0.2, -0.15) is 0 Å². The number of nitrogens with two attached hydrogens (primary N) is 1. The molecule has 0 aliphatic carbocycles. The number of hydrogen-bond acceptors (Lipinski definition) is 7. The van der Waals surface area contributed by atoms with Gasteiger partial charge in [0.25, 0.3) is 0 Å². The number of carbonyl (C=O) groups excluding carboxylic acids is 4. The van der Waals surface area contributed by atoms with Crippen molar-refractivity contribution in [3.63, 3.8) is 0 Å². The molecular formula is C20H33N5O8. The second kappa shape index (κ2) is 13.4. The van der Waals surface area contributed by atoms with Crippen molar-refractivity contribution in [3.8, 4) is 0 Å². The number of rotatable bonds is 14. The van der Waals surface area contributed by atoms with Crippen LogP contribution in [0.15, 0.2) is 0 Å². The Bertz CT molecular complexity index is 751. The third-order valence-electron chi connectivity index (χ3n) is 5.02. The lowest BCUT2D eigenvalue weighted by Crippen LogP contribution is -2.57. The van der Waals surface area contributed by atoms with Crippen LogP contribution in [0, 0.1) is 5.92 Å². The van der Waals surface area contributed by atoms with E-state index in [1.165, 1.54) is 0 Å². The zero-order valence-electron chi connectivity index (χ0n) is 18.8. The van der Waals surface area contributed by atoms with Crippen LogP contribution in [0.1, 0.15) is 52.4 Å². The Hall–Kier alpha value is -3.22. The van der Waals surface area contributed by atoms with Gasteiger partial charge < -0.3 is 37.2 Å². The van der Waals surface area contributed by atoms with Crippen molar-refractivity contribution in [1.29, 1.82) is 0 Å². The zero-order valence-corrected chi connectivity index (χ0v) is 18.8. The van der Waals surface area contributed by atoms with Crippen molar-refractivity contribution in [3.05, 3.63) is 0 Å². The third-order valence-corrected chi connectivity index (χ3v) is 5.02. The molecule has 1 fully saturated rings. The number of carboxylic acids is 2. The fourth-order valence-electron chi connectivity index (χ4n) is 3.36. The maximum atomic E-state index is 12.9. The van der Waals surface area contributed by atoms with E-state index in [2.05, 4.69) is 21.3 Å². The summed E-state index contributed by atoms with van der Waals surface area (Å²) >= 11 is 0. The second-order valence-corrected chi connectivity index (χ2v) is 8.40. The monoisotopic (exact) mass is 471 g/mol. The van der Waals surface area contributed by atoms with Crippen molar-refractivity contribution in [2.45, 2.75) is 76.5 Å². The minimum Gasteiger partial charge on any atom is -0.481 e. The van der Waals surface area contributed by atoms with Crippen molar-refractivity contribution in [1.82, 2.24) is 21.3 Å². The molecule has 1 aliphatic rings. The van der Waals surface area contributed by atoms with Crippen molar-refractivity contribution in [2.75, 3.05) is 6.54 Å². The van der Waals surface area contributed by atoms with Crippen LogP contribution in [0.2, 0.25) is 0 Å². The lowest BCUT2D eigenvalue weighted by molar-refractivity contribution is -0.147. The van der Waals surface area contributed by atoms with Crippen molar-refractivity contribution in [2.24, 2.45) is 11.7 Å². The Morgan fingerprint density at radius 3 is 2.06 bits per heavy atom. The first-order chi connectivity index (χ1) is 15.4. The molecule has 4 amide bonds. The summed E-state index contributed by atoms with van der Waals surface area (Å²) in [5.74, 6) is -5.77. The summed E-state index contributed by atoms with van der Waals surface area (Å²) in [6.07, 6.45) is 0.325. The van der Waals surface area contributed by atoms with E-state index in [-0.39, 0.29) is 31.1 Å². The predicted octanol–water partition coefficient (Wildman–Crippen LogP) is -1.94. The second-order valence-electron chi connectivity index (χ2n) is 8.40. The molecule has 1 heterocycles. The highest BCUT2D eigenvalue weighted by Crippen LogP contribution is 2.10. The molecule has 0 saturated carbocycles. The molecule has 0 aromatic carbocycles. The normalized spacial score (nSPS) is 18.1. The lowest BCUT2D eigenvalue weighted by atomic mass is 10.0. The summed E-state index contributed by atoms with van der Waals surface area (Å²) in [7, 11) is 0. The van der Waals surface area contributed by atoms with E-state index in [9.17, 15) is 28.8 Å². The topological polar surface area (TPSA) is 217 Å². The average molecular weight is 472 g/mol. The van der Waals surface area contributed by atoms with Crippen LogP contribution in [0.3, 0.4) is 0 Å². The van der Waals surface area contributed by atoms with Gasteiger partial charge >= 0.3 is 11.9 Å². The molecule has 1 saturated heterocycles. The van der Waals surface area contributed by atoms with Crippen molar-refractivity contribution < 1.29 is 39.0 Å². The van der Waals surface area contributed by atoms with Gasteiger partial charge in [-0.15, -0.1) is 0 Å². The molecule has 13 nitrogen and oxygen atoms in total. The number of aliphatic carboxylic acids is 2. The minimum absolute atomic E-state index is 0.0161. The third kappa shape index (κ3) is 10.3. The molecule has 33 heavy (non-hydrogen) atoms. The molecule has 13 heteroatoms. The molecule has 4 atom stereocenters. The molecule has 1 aliphatic heterocycles. The summed E-state index contributed by atoms with van der Waals surface area (Å²) in [6.45, 7) is 4.39. The van der Waals surface area contributed by atoms with Gasteiger partial charge in [-0.3, -0.25) is 24.0 Å². The Kier molecular flexibility index (Phi) is 11.3.